The van der Waals surface area contributed by atoms with Crippen LogP contribution in [0.2, 0.25) is 0 Å². The number of nitrogens with one attached hydrogen (secondary N) is 1. The first-order valence-corrected chi connectivity index (χ1v) is 8.40. The van der Waals surface area contributed by atoms with E-state index < -0.39 is 0 Å². The summed E-state index contributed by atoms with van der Waals surface area (Å²) < 4.78 is 0. The molecule has 0 spiro atoms. The fourth-order valence-electron chi connectivity index (χ4n) is 3.75. The third-order valence-corrected chi connectivity index (χ3v) is 5.17. The SMILES string of the molecule is CCCNC(CO)(CN1c2ccccc2CC1C)C1CC1. The Labute approximate surface area is 128 Å². The van der Waals surface area contributed by atoms with Crippen LogP contribution in [0, 0.1) is 5.92 Å². The van der Waals surface area contributed by atoms with Crippen molar-refractivity contribution in [3.05, 3.63) is 29.8 Å². The predicted octanol–water partition coefficient (Wildman–Crippen LogP) is 2.58. The van der Waals surface area contributed by atoms with Gasteiger partial charge in [-0.2, -0.15) is 0 Å². The Bertz CT molecular complexity index is 486. The minimum atomic E-state index is -0.123. The number of hydrogen-bond acceptors (Lipinski definition) is 3. The highest BCUT2D eigenvalue weighted by Crippen LogP contribution is 2.42. The quantitative estimate of drug-likeness (QED) is 0.809. The van der Waals surface area contributed by atoms with Gasteiger partial charge in [0.05, 0.1) is 12.1 Å². The van der Waals surface area contributed by atoms with Crippen molar-refractivity contribution in [1.82, 2.24) is 5.32 Å². The van der Waals surface area contributed by atoms with E-state index in [0.717, 1.165) is 25.9 Å². The van der Waals surface area contributed by atoms with Gasteiger partial charge >= 0.3 is 0 Å². The summed E-state index contributed by atoms with van der Waals surface area (Å²) in [5, 5.41) is 13.8. The number of hydrogen-bond donors (Lipinski definition) is 2. The summed E-state index contributed by atoms with van der Waals surface area (Å²) in [5.74, 6) is 0.633. The maximum atomic E-state index is 10.1. The third-order valence-electron chi connectivity index (χ3n) is 5.17. The van der Waals surface area contributed by atoms with Crippen molar-refractivity contribution in [2.45, 2.75) is 51.1 Å². The second-order valence-electron chi connectivity index (χ2n) is 6.83. The van der Waals surface area contributed by atoms with E-state index >= 15 is 0 Å². The van der Waals surface area contributed by atoms with Gasteiger partial charge in [0.2, 0.25) is 0 Å². The van der Waals surface area contributed by atoms with Crippen LogP contribution in [0.25, 0.3) is 0 Å². The lowest BCUT2D eigenvalue weighted by Crippen LogP contribution is -2.59. The number of anilines is 1. The molecule has 0 aromatic heterocycles. The van der Waals surface area contributed by atoms with Crippen LogP contribution in [0.5, 0.6) is 0 Å². The molecule has 21 heavy (non-hydrogen) atoms. The number of aliphatic hydroxyl groups excluding tert-OH is 1. The first kappa shape index (κ1) is 14.9. The highest BCUT2D eigenvalue weighted by molar-refractivity contribution is 5.59. The summed E-state index contributed by atoms with van der Waals surface area (Å²) in [4.78, 5) is 2.51. The van der Waals surface area contributed by atoms with E-state index in [1.165, 1.54) is 24.1 Å². The Morgan fingerprint density at radius 1 is 1.33 bits per heavy atom. The summed E-state index contributed by atoms with van der Waals surface area (Å²) in [5.41, 5.74) is 2.69. The van der Waals surface area contributed by atoms with Crippen molar-refractivity contribution < 1.29 is 5.11 Å². The largest absolute Gasteiger partial charge is 0.394 e. The van der Waals surface area contributed by atoms with E-state index in [1.807, 2.05) is 0 Å². The zero-order valence-corrected chi connectivity index (χ0v) is 13.3. The maximum absolute atomic E-state index is 10.1. The minimum absolute atomic E-state index is 0.123. The van der Waals surface area contributed by atoms with Crippen LogP contribution in [0.1, 0.15) is 38.7 Å². The van der Waals surface area contributed by atoms with Crippen LogP contribution in [0.3, 0.4) is 0 Å². The molecule has 0 bridgehead atoms. The van der Waals surface area contributed by atoms with Gasteiger partial charge in [-0.15, -0.1) is 0 Å². The Morgan fingerprint density at radius 3 is 2.76 bits per heavy atom. The van der Waals surface area contributed by atoms with E-state index in [9.17, 15) is 5.11 Å². The molecule has 1 aromatic rings. The number of para-hydroxylation sites is 1. The van der Waals surface area contributed by atoms with Crippen molar-refractivity contribution in [3.63, 3.8) is 0 Å². The zero-order valence-electron chi connectivity index (χ0n) is 13.3. The highest BCUT2D eigenvalue weighted by atomic mass is 16.3. The molecule has 1 heterocycles. The summed E-state index contributed by atoms with van der Waals surface area (Å²) in [6, 6.07) is 9.25. The molecule has 116 valence electrons. The van der Waals surface area contributed by atoms with E-state index in [1.54, 1.807) is 0 Å². The molecule has 2 aliphatic rings. The molecule has 1 saturated carbocycles. The topological polar surface area (TPSA) is 35.5 Å². The van der Waals surface area contributed by atoms with Gasteiger partial charge in [-0.1, -0.05) is 25.1 Å². The molecule has 3 heteroatoms. The van der Waals surface area contributed by atoms with Gasteiger partial charge in [0.15, 0.2) is 0 Å². The van der Waals surface area contributed by atoms with Crippen molar-refractivity contribution >= 4 is 5.69 Å². The number of aliphatic hydroxyl groups is 1. The molecule has 2 N–H and O–H groups in total. The number of rotatable bonds is 7. The molecule has 3 rings (SSSR count). The fraction of sp³-hybridized carbons (Fsp3) is 0.667. The van der Waals surface area contributed by atoms with Crippen LogP contribution in [-0.2, 0) is 6.42 Å². The second kappa shape index (κ2) is 5.98. The van der Waals surface area contributed by atoms with Gasteiger partial charge in [-0.3, -0.25) is 0 Å². The van der Waals surface area contributed by atoms with Crippen molar-refractivity contribution in [3.8, 4) is 0 Å². The molecule has 1 fully saturated rings. The maximum Gasteiger partial charge on any atom is 0.0633 e. The minimum Gasteiger partial charge on any atom is -0.394 e. The molecule has 2 unspecified atom stereocenters. The monoisotopic (exact) mass is 288 g/mol. The van der Waals surface area contributed by atoms with Crippen molar-refractivity contribution in [2.24, 2.45) is 5.92 Å². The summed E-state index contributed by atoms with van der Waals surface area (Å²) >= 11 is 0. The van der Waals surface area contributed by atoms with Crippen LogP contribution < -0.4 is 10.2 Å². The van der Waals surface area contributed by atoms with Crippen LogP contribution >= 0.6 is 0 Å². The van der Waals surface area contributed by atoms with E-state index in [2.05, 4.69) is 48.3 Å². The molecule has 1 aliphatic carbocycles. The average molecular weight is 288 g/mol. The predicted molar refractivity (Wildman–Crippen MR) is 87.8 cm³/mol. The molecule has 0 amide bonds. The lowest BCUT2D eigenvalue weighted by molar-refractivity contribution is 0.142. The summed E-state index contributed by atoms with van der Waals surface area (Å²) in [6.07, 6.45) is 4.74. The smallest absolute Gasteiger partial charge is 0.0633 e. The Balaban J connectivity index is 1.82. The van der Waals surface area contributed by atoms with Gasteiger partial charge < -0.3 is 15.3 Å². The van der Waals surface area contributed by atoms with Crippen molar-refractivity contribution in [2.75, 3.05) is 24.6 Å². The molecule has 1 aromatic carbocycles. The first-order valence-electron chi connectivity index (χ1n) is 8.40. The Kier molecular flexibility index (Phi) is 4.23. The van der Waals surface area contributed by atoms with Crippen LogP contribution in [-0.4, -0.2) is 36.4 Å². The third kappa shape index (κ3) is 2.82. The Morgan fingerprint density at radius 2 is 2.10 bits per heavy atom. The van der Waals surface area contributed by atoms with Gasteiger partial charge in [0, 0.05) is 18.3 Å². The average Bonchev–Trinajstić information content (AvgIpc) is 3.30. The molecule has 0 radical (unpaired) electrons. The number of fused-ring (bicyclic) bond motifs is 1. The normalized spacial score (nSPS) is 24.0. The summed E-state index contributed by atoms with van der Waals surface area (Å²) in [6.45, 7) is 6.64. The lowest BCUT2D eigenvalue weighted by atomic mass is 9.92. The van der Waals surface area contributed by atoms with E-state index in [4.69, 9.17) is 0 Å². The zero-order chi connectivity index (χ0) is 14.9. The molecule has 1 aliphatic heterocycles. The Hall–Kier alpha value is -1.06. The molecule has 0 saturated heterocycles. The van der Waals surface area contributed by atoms with Gasteiger partial charge in [0.25, 0.3) is 0 Å². The fourth-order valence-corrected chi connectivity index (χ4v) is 3.75. The number of benzene rings is 1. The van der Waals surface area contributed by atoms with E-state index in [0.29, 0.717) is 12.0 Å². The highest BCUT2D eigenvalue weighted by Gasteiger charge is 2.46. The molecular formula is C18H28N2O. The van der Waals surface area contributed by atoms with E-state index in [-0.39, 0.29) is 12.1 Å². The molecule has 3 nitrogen and oxygen atoms in total. The van der Waals surface area contributed by atoms with Gasteiger partial charge in [-0.05, 0) is 56.7 Å². The summed E-state index contributed by atoms with van der Waals surface area (Å²) in [7, 11) is 0. The standard InChI is InChI=1S/C18H28N2O/c1-3-10-19-18(13-21,16-8-9-16)12-20-14(2)11-15-6-4-5-7-17(15)20/h4-7,14,16,19,21H,3,8-13H2,1-2H3. The molecular weight excluding hydrogens is 260 g/mol. The van der Waals surface area contributed by atoms with Crippen LogP contribution in [0.4, 0.5) is 5.69 Å². The van der Waals surface area contributed by atoms with Crippen molar-refractivity contribution in [1.29, 1.82) is 0 Å². The second-order valence-corrected chi connectivity index (χ2v) is 6.83. The van der Waals surface area contributed by atoms with Gasteiger partial charge in [0.1, 0.15) is 0 Å². The number of nitrogens with zero attached hydrogens (tertiary/aromatic N) is 1. The first-order chi connectivity index (χ1) is 10.2. The molecule has 2 atom stereocenters. The lowest BCUT2D eigenvalue weighted by Gasteiger charge is -2.40. The van der Waals surface area contributed by atoms with Gasteiger partial charge in [-0.25, -0.2) is 0 Å². The van der Waals surface area contributed by atoms with Crippen LogP contribution in [0.15, 0.2) is 24.3 Å².